The fourth-order valence-electron chi connectivity index (χ4n) is 2.06. The van der Waals surface area contributed by atoms with Gasteiger partial charge in [0.1, 0.15) is 11.4 Å². The van der Waals surface area contributed by atoms with Gasteiger partial charge in [0.2, 0.25) is 0 Å². The molecule has 8 heteroatoms. The van der Waals surface area contributed by atoms with Crippen LogP contribution in [0.1, 0.15) is 17.5 Å². The molecule has 0 spiro atoms. The van der Waals surface area contributed by atoms with Gasteiger partial charge in [0.15, 0.2) is 0 Å². The van der Waals surface area contributed by atoms with Crippen molar-refractivity contribution in [3.63, 3.8) is 0 Å². The second-order valence-electron chi connectivity index (χ2n) is 4.78. The summed E-state index contributed by atoms with van der Waals surface area (Å²) < 4.78 is 44.3. The fourth-order valence-corrected chi connectivity index (χ4v) is 2.06. The maximum absolute atomic E-state index is 13.0. The van der Waals surface area contributed by atoms with Gasteiger partial charge in [-0.15, -0.1) is 0 Å². The van der Waals surface area contributed by atoms with Gasteiger partial charge in [0, 0.05) is 13.1 Å². The Morgan fingerprint density at radius 1 is 1.48 bits per heavy atom. The largest absolute Gasteiger partial charge is 0.483 e. The molecular formula is C13H11F3N2O3. The minimum atomic E-state index is -4.69. The van der Waals surface area contributed by atoms with E-state index in [9.17, 15) is 18.0 Å². The van der Waals surface area contributed by atoms with Crippen molar-refractivity contribution in [2.45, 2.75) is 18.2 Å². The number of carboxylic acids is 1. The Kier molecular flexibility index (Phi) is 3.78. The van der Waals surface area contributed by atoms with Gasteiger partial charge in [-0.2, -0.15) is 18.4 Å². The molecule has 21 heavy (non-hydrogen) atoms. The summed E-state index contributed by atoms with van der Waals surface area (Å²) in [6.07, 6.45) is -5.10. The molecule has 5 nitrogen and oxygen atoms in total. The van der Waals surface area contributed by atoms with Gasteiger partial charge in [-0.25, -0.2) is 0 Å². The van der Waals surface area contributed by atoms with Crippen LogP contribution in [0, 0.1) is 11.3 Å². The molecule has 0 aromatic heterocycles. The Labute approximate surface area is 117 Å². The summed E-state index contributed by atoms with van der Waals surface area (Å²) in [7, 11) is 0. The summed E-state index contributed by atoms with van der Waals surface area (Å²) in [6.45, 7) is 0.299. The number of hydrogen-bond acceptors (Lipinski definition) is 4. The molecule has 1 aromatic rings. The molecule has 0 aliphatic carbocycles. The Balaban J connectivity index is 2.35. The number of nitrogens with zero attached hydrogens (tertiary/aromatic N) is 1. The quantitative estimate of drug-likeness (QED) is 0.885. The molecule has 0 unspecified atom stereocenters. The number of halogens is 3. The van der Waals surface area contributed by atoms with Crippen molar-refractivity contribution in [2.24, 2.45) is 0 Å². The summed E-state index contributed by atoms with van der Waals surface area (Å²) in [5.41, 5.74) is -2.42. The van der Waals surface area contributed by atoms with E-state index in [0.717, 1.165) is 6.07 Å². The highest BCUT2D eigenvalue weighted by molar-refractivity contribution is 5.68. The van der Waals surface area contributed by atoms with Crippen LogP contribution in [0.2, 0.25) is 0 Å². The van der Waals surface area contributed by atoms with Crippen molar-refractivity contribution in [1.29, 1.82) is 5.26 Å². The van der Waals surface area contributed by atoms with Crippen molar-refractivity contribution in [1.82, 2.24) is 5.32 Å². The molecule has 0 amide bonds. The lowest BCUT2D eigenvalue weighted by Gasteiger charge is -2.42. The standard InChI is InChI=1S/C13H11F3N2O3/c14-13(15,16)9-3-8(5-17)1-2-10(9)21-12(4-11(19)20)6-18-7-12/h1-3,18H,4,6-7H2,(H,19,20). The summed E-state index contributed by atoms with van der Waals surface area (Å²) in [4.78, 5) is 10.8. The lowest BCUT2D eigenvalue weighted by Crippen LogP contribution is -2.64. The van der Waals surface area contributed by atoms with Crippen LogP contribution in [0.5, 0.6) is 5.75 Å². The van der Waals surface area contributed by atoms with Gasteiger partial charge in [-0.1, -0.05) is 0 Å². The van der Waals surface area contributed by atoms with Crippen LogP contribution in [0.4, 0.5) is 13.2 Å². The summed E-state index contributed by atoms with van der Waals surface area (Å²) in [6, 6.07) is 4.56. The van der Waals surface area contributed by atoms with Crippen LogP contribution in [0.25, 0.3) is 0 Å². The van der Waals surface area contributed by atoms with E-state index in [2.05, 4.69) is 5.32 Å². The third-order valence-corrected chi connectivity index (χ3v) is 3.11. The van der Waals surface area contributed by atoms with E-state index in [-0.39, 0.29) is 18.7 Å². The van der Waals surface area contributed by atoms with Crippen LogP contribution in [-0.2, 0) is 11.0 Å². The molecule has 0 atom stereocenters. The highest BCUT2D eigenvalue weighted by atomic mass is 19.4. The molecule has 1 aliphatic heterocycles. The predicted octanol–water partition coefficient (Wildman–Crippen LogP) is 1.77. The Bertz CT molecular complexity index is 604. The van der Waals surface area contributed by atoms with Gasteiger partial charge in [0.25, 0.3) is 0 Å². The van der Waals surface area contributed by atoms with Gasteiger partial charge < -0.3 is 15.2 Å². The maximum Gasteiger partial charge on any atom is 0.420 e. The third-order valence-electron chi connectivity index (χ3n) is 3.11. The number of nitriles is 1. The summed E-state index contributed by atoms with van der Waals surface area (Å²) in [5.74, 6) is -1.62. The number of carbonyl (C=O) groups is 1. The molecule has 2 rings (SSSR count). The number of hydrogen-bond donors (Lipinski definition) is 2. The SMILES string of the molecule is N#Cc1ccc(OC2(CC(=O)O)CNC2)c(C(F)(F)F)c1. The van der Waals surface area contributed by atoms with Crippen LogP contribution >= 0.6 is 0 Å². The number of carboxylic acid groups (broad SMARTS) is 1. The van der Waals surface area contributed by atoms with Crippen LogP contribution in [0.3, 0.4) is 0 Å². The lowest BCUT2D eigenvalue weighted by atomic mass is 9.92. The van der Waals surface area contributed by atoms with Crippen molar-refractivity contribution in [3.05, 3.63) is 29.3 Å². The van der Waals surface area contributed by atoms with Gasteiger partial charge in [-0.3, -0.25) is 4.79 Å². The molecule has 1 aliphatic rings. The highest BCUT2D eigenvalue weighted by Crippen LogP contribution is 2.39. The van der Waals surface area contributed by atoms with E-state index >= 15 is 0 Å². The van der Waals surface area contributed by atoms with Crippen molar-refractivity contribution < 1.29 is 27.8 Å². The molecule has 1 heterocycles. The highest BCUT2D eigenvalue weighted by Gasteiger charge is 2.44. The summed E-state index contributed by atoms with van der Waals surface area (Å²) in [5, 5.41) is 20.3. The minimum absolute atomic E-state index is 0.145. The van der Waals surface area contributed by atoms with Crippen LogP contribution < -0.4 is 10.1 Å². The average molecular weight is 300 g/mol. The number of nitrogens with one attached hydrogen (secondary N) is 1. The number of aliphatic carboxylic acids is 1. The van der Waals surface area contributed by atoms with Crippen LogP contribution in [0.15, 0.2) is 18.2 Å². The monoisotopic (exact) mass is 300 g/mol. The number of benzene rings is 1. The van der Waals surface area contributed by atoms with Crippen LogP contribution in [-0.4, -0.2) is 29.8 Å². The molecule has 2 N–H and O–H groups in total. The number of rotatable bonds is 4. The van der Waals surface area contributed by atoms with Gasteiger partial charge in [-0.05, 0) is 18.2 Å². The first-order valence-electron chi connectivity index (χ1n) is 5.99. The van der Waals surface area contributed by atoms with Gasteiger partial charge >= 0.3 is 12.1 Å². The third kappa shape index (κ3) is 3.25. The Morgan fingerprint density at radius 3 is 2.57 bits per heavy atom. The molecule has 0 bridgehead atoms. The van der Waals surface area contributed by atoms with Crippen molar-refractivity contribution in [3.8, 4) is 11.8 Å². The topological polar surface area (TPSA) is 82.3 Å². The lowest BCUT2D eigenvalue weighted by molar-refractivity contribution is -0.145. The zero-order chi connectivity index (χ0) is 15.7. The first-order chi connectivity index (χ1) is 9.76. The zero-order valence-electron chi connectivity index (χ0n) is 10.7. The Morgan fingerprint density at radius 2 is 2.14 bits per heavy atom. The molecule has 0 saturated carbocycles. The average Bonchev–Trinajstić information content (AvgIpc) is 2.34. The normalized spacial score (nSPS) is 16.7. The molecule has 0 radical (unpaired) electrons. The fraction of sp³-hybridized carbons (Fsp3) is 0.385. The molecule has 112 valence electrons. The van der Waals surface area contributed by atoms with Crippen molar-refractivity contribution in [2.75, 3.05) is 13.1 Å². The molecular weight excluding hydrogens is 289 g/mol. The van der Waals surface area contributed by atoms with E-state index in [1.165, 1.54) is 6.07 Å². The Hall–Kier alpha value is -2.27. The second kappa shape index (κ2) is 5.26. The first-order valence-corrected chi connectivity index (χ1v) is 5.99. The number of alkyl halides is 3. The molecule has 1 aromatic carbocycles. The van der Waals surface area contributed by atoms with E-state index < -0.39 is 35.5 Å². The van der Waals surface area contributed by atoms with E-state index in [0.29, 0.717) is 6.07 Å². The zero-order valence-corrected chi connectivity index (χ0v) is 10.7. The molecule has 1 saturated heterocycles. The van der Waals surface area contributed by atoms with Gasteiger partial charge in [0.05, 0.1) is 23.6 Å². The van der Waals surface area contributed by atoms with E-state index in [4.69, 9.17) is 15.1 Å². The van der Waals surface area contributed by atoms with Crippen molar-refractivity contribution >= 4 is 5.97 Å². The van der Waals surface area contributed by atoms with E-state index in [1.54, 1.807) is 6.07 Å². The first kappa shape index (κ1) is 15.1. The minimum Gasteiger partial charge on any atom is -0.483 e. The molecule has 1 fully saturated rings. The second-order valence-corrected chi connectivity index (χ2v) is 4.78. The maximum atomic E-state index is 13.0. The summed E-state index contributed by atoms with van der Waals surface area (Å²) >= 11 is 0. The van der Waals surface area contributed by atoms with E-state index in [1.807, 2.05) is 0 Å². The predicted molar refractivity (Wildman–Crippen MR) is 64.6 cm³/mol. The number of ether oxygens (including phenoxy) is 1. The smallest absolute Gasteiger partial charge is 0.420 e.